The molecule has 1 heterocycles. The predicted octanol–water partition coefficient (Wildman–Crippen LogP) is 2.50. The van der Waals surface area contributed by atoms with Crippen molar-refractivity contribution >= 4 is 41.5 Å². The molecule has 2 fully saturated rings. The molecule has 0 spiro atoms. The second-order valence-corrected chi connectivity index (χ2v) is 6.44. The van der Waals surface area contributed by atoms with Gasteiger partial charge in [-0.05, 0) is 49.3 Å². The Morgan fingerprint density at radius 3 is 2.80 bits per heavy atom. The second-order valence-electron chi connectivity index (χ2n) is 6.44. The Balaban J connectivity index is 0.00000225. The summed E-state index contributed by atoms with van der Waals surface area (Å²) >= 11 is 0. The van der Waals surface area contributed by atoms with Crippen LogP contribution in [0.4, 0.5) is 5.69 Å². The van der Waals surface area contributed by atoms with Crippen LogP contribution in [-0.2, 0) is 16.1 Å². The van der Waals surface area contributed by atoms with Crippen molar-refractivity contribution in [3.63, 3.8) is 0 Å². The molecule has 0 bridgehead atoms. The van der Waals surface area contributed by atoms with Gasteiger partial charge < -0.3 is 20.7 Å². The van der Waals surface area contributed by atoms with Crippen LogP contribution >= 0.6 is 24.0 Å². The Kier molecular flexibility index (Phi) is 7.95. The van der Waals surface area contributed by atoms with Crippen LogP contribution in [0.15, 0.2) is 29.3 Å². The van der Waals surface area contributed by atoms with E-state index >= 15 is 0 Å². The number of guanidine groups is 1. The van der Waals surface area contributed by atoms with Gasteiger partial charge in [-0.15, -0.1) is 24.0 Å². The van der Waals surface area contributed by atoms with E-state index in [0.29, 0.717) is 13.2 Å². The highest BCUT2D eigenvalue weighted by molar-refractivity contribution is 14.0. The predicted molar refractivity (Wildman–Crippen MR) is 110 cm³/mol. The van der Waals surface area contributed by atoms with E-state index < -0.39 is 0 Å². The van der Waals surface area contributed by atoms with Gasteiger partial charge in [0, 0.05) is 32.4 Å². The number of aliphatic imine (C=N–C) groups is 1. The number of carbonyl (C=O) groups excluding carboxylic acids is 1. The molecule has 2 aliphatic rings. The molecule has 1 aliphatic carbocycles. The van der Waals surface area contributed by atoms with E-state index in [1.807, 2.05) is 24.3 Å². The van der Waals surface area contributed by atoms with Gasteiger partial charge in [0.15, 0.2) is 5.96 Å². The first kappa shape index (κ1) is 20.0. The Bertz CT molecular complexity index is 598. The van der Waals surface area contributed by atoms with Crippen molar-refractivity contribution in [2.45, 2.75) is 38.3 Å². The molecule has 1 saturated carbocycles. The Morgan fingerprint density at radius 1 is 1.28 bits per heavy atom. The van der Waals surface area contributed by atoms with Crippen molar-refractivity contribution < 1.29 is 9.53 Å². The maximum Gasteiger partial charge on any atom is 0.253 e. The molecular weight excluding hydrogens is 431 g/mol. The smallest absolute Gasteiger partial charge is 0.253 e. The lowest BCUT2D eigenvalue weighted by molar-refractivity contribution is -0.124. The summed E-state index contributed by atoms with van der Waals surface area (Å²) in [5.74, 6) is 1.56. The maximum absolute atomic E-state index is 12.1. The van der Waals surface area contributed by atoms with Gasteiger partial charge in [0.25, 0.3) is 5.91 Å². The number of hydrogen-bond acceptors (Lipinski definition) is 3. The molecule has 3 N–H and O–H groups in total. The van der Waals surface area contributed by atoms with Gasteiger partial charge in [0.05, 0.1) is 0 Å². The largest absolute Gasteiger partial charge is 0.368 e. The highest BCUT2D eigenvalue weighted by Crippen LogP contribution is 2.27. The van der Waals surface area contributed by atoms with E-state index in [1.54, 1.807) is 7.05 Å². The van der Waals surface area contributed by atoms with E-state index in [2.05, 4.69) is 20.9 Å². The van der Waals surface area contributed by atoms with Crippen LogP contribution in [0.2, 0.25) is 0 Å². The van der Waals surface area contributed by atoms with Gasteiger partial charge in [-0.3, -0.25) is 9.79 Å². The number of benzene rings is 1. The summed E-state index contributed by atoms with van der Waals surface area (Å²) in [7, 11) is 1.78. The lowest BCUT2D eigenvalue weighted by Crippen LogP contribution is -2.37. The summed E-state index contributed by atoms with van der Waals surface area (Å²) in [5.41, 5.74) is 1.89. The number of nitrogens with one attached hydrogen (secondary N) is 3. The third kappa shape index (κ3) is 6.47. The molecule has 1 atom stereocenters. The van der Waals surface area contributed by atoms with Gasteiger partial charge >= 0.3 is 0 Å². The summed E-state index contributed by atoms with van der Waals surface area (Å²) in [6, 6.07) is 7.86. The number of hydrogen-bond donors (Lipinski definition) is 3. The van der Waals surface area contributed by atoms with E-state index in [4.69, 9.17) is 4.74 Å². The minimum Gasteiger partial charge on any atom is -0.368 e. The fourth-order valence-corrected chi connectivity index (χ4v) is 2.74. The van der Waals surface area contributed by atoms with Crippen molar-refractivity contribution in [2.75, 3.05) is 25.5 Å². The fourth-order valence-electron chi connectivity index (χ4n) is 2.74. The lowest BCUT2D eigenvalue weighted by Gasteiger charge is -2.13. The average molecular weight is 458 g/mol. The SMILES string of the molecule is CN=C(NCc1cccc(NC(=O)C2CCCO2)c1)NCC1CC1.I. The first-order valence-corrected chi connectivity index (χ1v) is 8.70. The Morgan fingerprint density at radius 2 is 2.12 bits per heavy atom. The van der Waals surface area contributed by atoms with Crippen molar-refractivity contribution in [3.8, 4) is 0 Å². The highest BCUT2D eigenvalue weighted by Gasteiger charge is 2.23. The van der Waals surface area contributed by atoms with E-state index in [0.717, 1.165) is 42.5 Å². The Labute approximate surface area is 166 Å². The molecule has 138 valence electrons. The Hall–Kier alpha value is -1.35. The quantitative estimate of drug-likeness (QED) is 0.348. The van der Waals surface area contributed by atoms with Crippen molar-refractivity contribution in [2.24, 2.45) is 10.9 Å². The fraction of sp³-hybridized carbons (Fsp3) is 0.556. The molecule has 1 aromatic rings. The summed E-state index contributed by atoms with van der Waals surface area (Å²) in [6.07, 6.45) is 4.08. The number of halogens is 1. The summed E-state index contributed by atoms with van der Waals surface area (Å²) in [5, 5.41) is 9.58. The number of ether oxygens (including phenoxy) is 1. The molecule has 25 heavy (non-hydrogen) atoms. The monoisotopic (exact) mass is 458 g/mol. The lowest BCUT2D eigenvalue weighted by atomic mass is 10.2. The van der Waals surface area contributed by atoms with Crippen molar-refractivity contribution in [3.05, 3.63) is 29.8 Å². The van der Waals surface area contributed by atoms with Crippen LogP contribution in [0.5, 0.6) is 0 Å². The first-order chi connectivity index (χ1) is 11.7. The van der Waals surface area contributed by atoms with Crippen LogP contribution in [0.3, 0.4) is 0 Å². The average Bonchev–Trinajstić information content (AvgIpc) is 3.25. The first-order valence-electron chi connectivity index (χ1n) is 8.70. The summed E-state index contributed by atoms with van der Waals surface area (Å²) < 4.78 is 5.41. The van der Waals surface area contributed by atoms with Crippen LogP contribution in [0.1, 0.15) is 31.2 Å². The zero-order valence-corrected chi connectivity index (χ0v) is 16.9. The molecule has 7 heteroatoms. The standard InChI is InChI=1S/C18H26N4O2.HI/c1-19-18(20-11-13-7-8-13)21-12-14-4-2-5-15(10-14)22-17(23)16-6-3-9-24-16;/h2,4-5,10,13,16H,3,6-9,11-12H2,1H3,(H,22,23)(H2,19,20,21);1H. The van der Waals surface area contributed by atoms with Crippen LogP contribution in [-0.4, -0.2) is 38.2 Å². The highest BCUT2D eigenvalue weighted by atomic mass is 127. The molecule has 1 unspecified atom stereocenters. The molecule has 1 saturated heterocycles. The molecule has 6 nitrogen and oxygen atoms in total. The van der Waals surface area contributed by atoms with Gasteiger partial charge in [0.1, 0.15) is 6.10 Å². The van der Waals surface area contributed by atoms with E-state index in [1.165, 1.54) is 12.8 Å². The molecule has 0 aromatic heterocycles. The molecule has 1 amide bonds. The number of nitrogens with zero attached hydrogens (tertiary/aromatic N) is 1. The topological polar surface area (TPSA) is 74.8 Å². The van der Waals surface area contributed by atoms with Crippen LogP contribution < -0.4 is 16.0 Å². The van der Waals surface area contributed by atoms with Crippen LogP contribution in [0.25, 0.3) is 0 Å². The van der Waals surface area contributed by atoms with Gasteiger partial charge in [-0.1, -0.05) is 12.1 Å². The van der Waals surface area contributed by atoms with Crippen LogP contribution in [0, 0.1) is 5.92 Å². The second kappa shape index (κ2) is 9.96. The molecule has 0 radical (unpaired) electrons. The third-order valence-electron chi connectivity index (χ3n) is 4.36. The minimum atomic E-state index is -0.308. The number of rotatable bonds is 6. The minimum absolute atomic E-state index is 0. The van der Waals surface area contributed by atoms with Gasteiger partial charge in [0.2, 0.25) is 0 Å². The molecular formula is C18H27IN4O2. The molecule has 3 rings (SSSR count). The zero-order valence-electron chi connectivity index (χ0n) is 14.6. The molecule has 1 aromatic carbocycles. The van der Waals surface area contributed by atoms with Crippen molar-refractivity contribution in [1.29, 1.82) is 0 Å². The van der Waals surface area contributed by atoms with Gasteiger partial charge in [-0.2, -0.15) is 0 Å². The maximum atomic E-state index is 12.1. The van der Waals surface area contributed by atoms with Crippen molar-refractivity contribution in [1.82, 2.24) is 10.6 Å². The molecule has 1 aliphatic heterocycles. The number of carbonyl (C=O) groups is 1. The third-order valence-corrected chi connectivity index (χ3v) is 4.36. The van der Waals surface area contributed by atoms with E-state index in [-0.39, 0.29) is 36.0 Å². The number of anilines is 1. The normalized spacial score (nSPS) is 19.9. The summed E-state index contributed by atoms with van der Waals surface area (Å²) in [6.45, 7) is 2.32. The zero-order chi connectivity index (χ0) is 16.8. The van der Waals surface area contributed by atoms with Gasteiger partial charge in [-0.25, -0.2) is 0 Å². The summed E-state index contributed by atoms with van der Waals surface area (Å²) in [4.78, 5) is 16.3. The number of amides is 1. The van der Waals surface area contributed by atoms with E-state index in [9.17, 15) is 4.79 Å².